The van der Waals surface area contributed by atoms with Gasteiger partial charge in [0.1, 0.15) is 6.54 Å². The Hall–Kier alpha value is -1.79. The van der Waals surface area contributed by atoms with Crippen LogP contribution in [0, 0.1) is 0 Å². The highest BCUT2D eigenvalue weighted by molar-refractivity contribution is 5.80. The zero-order valence-corrected chi connectivity index (χ0v) is 9.36. The Morgan fingerprint density at radius 2 is 2.00 bits per heavy atom. The van der Waals surface area contributed by atoms with Crippen LogP contribution in [0.25, 0.3) is 0 Å². The van der Waals surface area contributed by atoms with E-state index < -0.39 is 18.0 Å². The molecule has 7 nitrogen and oxygen atoms in total. The van der Waals surface area contributed by atoms with Gasteiger partial charge < -0.3 is 20.1 Å². The second-order valence-corrected chi connectivity index (χ2v) is 2.97. The molecule has 0 saturated heterocycles. The molecule has 0 heterocycles. The quantitative estimate of drug-likeness (QED) is 0.611. The zero-order valence-electron chi connectivity index (χ0n) is 9.36. The molecule has 0 aliphatic carbocycles. The molecule has 0 aliphatic rings. The lowest BCUT2D eigenvalue weighted by atomic mass is 10.4. The molecule has 0 aliphatic heterocycles. The first-order valence-electron chi connectivity index (χ1n) is 4.82. The topological polar surface area (TPSA) is 95.9 Å². The van der Waals surface area contributed by atoms with Crippen molar-refractivity contribution in [2.45, 2.75) is 13.3 Å². The van der Waals surface area contributed by atoms with Gasteiger partial charge >= 0.3 is 18.0 Å². The van der Waals surface area contributed by atoms with E-state index in [-0.39, 0.29) is 26.1 Å². The van der Waals surface area contributed by atoms with Crippen molar-refractivity contribution in [2.24, 2.45) is 0 Å². The number of carboxylic acid groups (broad SMARTS) is 1. The minimum Gasteiger partial charge on any atom is -0.480 e. The second-order valence-electron chi connectivity index (χ2n) is 2.97. The number of urea groups is 1. The van der Waals surface area contributed by atoms with E-state index in [1.54, 1.807) is 6.92 Å². The molecule has 0 aromatic carbocycles. The number of hydrogen-bond donors (Lipinski definition) is 2. The Morgan fingerprint density at radius 3 is 2.44 bits per heavy atom. The lowest BCUT2D eigenvalue weighted by Gasteiger charge is -2.18. The third-order valence-corrected chi connectivity index (χ3v) is 1.83. The van der Waals surface area contributed by atoms with Gasteiger partial charge in [-0.2, -0.15) is 0 Å². The molecule has 0 saturated carbocycles. The van der Waals surface area contributed by atoms with Crippen molar-refractivity contribution in [1.82, 2.24) is 10.2 Å². The molecule has 7 heteroatoms. The molecule has 92 valence electrons. The maximum absolute atomic E-state index is 11.4. The number of nitrogens with one attached hydrogen (secondary N) is 1. The van der Waals surface area contributed by atoms with E-state index >= 15 is 0 Å². The summed E-state index contributed by atoms with van der Waals surface area (Å²) in [5.74, 6) is -1.51. The molecule has 0 bridgehead atoms. The number of rotatable bonds is 6. The maximum atomic E-state index is 11.4. The van der Waals surface area contributed by atoms with E-state index in [2.05, 4.69) is 10.1 Å². The maximum Gasteiger partial charge on any atom is 0.323 e. The molecule has 16 heavy (non-hydrogen) atoms. The van der Waals surface area contributed by atoms with Crippen LogP contribution < -0.4 is 5.32 Å². The van der Waals surface area contributed by atoms with Crippen molar-refractivity contribution in [3.8, 4) is 0 Å². The summed E-state index contributed by atoms with van der Waals surface area (Å²) >= 11 is 0. The van der Waals surface area contributed by atoms with Crippen LogP contribution >= 0.6 is 0 Å². The standard InChI is InChI=1S/C9H16N2O5/c1-3-11(6-7(12)13)9(15)10-5-4-8(14)16-2/h3-6H2,1-2H3,(H,10,15)(H,12,13). The minimum absolute atomic E-state index is 0.0624. The third kappa shape index (κ3) is 5.84. The number of carbonyl (C=O) groups is 3. The summed E-state index contributed by atoms with van der Waals surface area (Å²) in [7, 11) is 1.26. The molecule has 2 amide bonds. The lowest BCUT2D eigenvalue weighted by Crippen LogP contribution is -2.43. The van der Waals surface area contributed by atoms with E-state index in [9.17, 15) is 14.4 Å². The summed E-state index contributed by atoms with van der Waals surface area (Å²) in [6.07, 6.45) is 0.0624. The SMILES string of the molecule is CCN(CC(=O)O)C(=O)NCCC(=O)OC. The first-order chi connectivity index (χ1) is 7.51. The fourth-order valence-electron chi connectivity index (χ4n) is 0.976. The number of hydrogen-bond acceptors (Lipinski definition) is 4. The van der Waals surface area contributed by atoms with Crippen LogP contribution in [-0.4, -0.2) is 54.7 Å². The van der Waals surface area contributed by atoms with Gasteiger partial charge in [0.2, 0.25) is 0 Å². The fourth-order valence-corrected chi connectivity index (χ4v) is 0.976. The van der Waals surface area contributed by atoms with Gasteiger partial charge in [0.05, 0.1) is 13.5 Å². The van der Waals surface area contributed by atoms with Crippen LogP contribution in [0.15, 0.2) is 0 Å². The van der Waals surface area contributed by atoms with Gasteiger partial charge in [0.25, 0.3) is 0 Å². The van der Waals surface area contributed by atoms with E-state index in [0.29, 0.717) is 0 Å². The van der Waals surface area contributed by atoms with E-state index in [4.69, 9.17) is 5.11 Å². The zero-order chi connectivity index (χ0) is 12.6. The van der Waals surface area contributed by atoms with Gasteiger partial charge in [0, 0.05) is 13.1 Å². The van der Waals surface area contributed by atoms with Crippen LogP contribution in [0.4, 0.5) is 4.79 Å². The summed E-state index contributed by atoms with van der Waals surface area (Å²) in [5, 5.41) is 10.9. The van der Waals surface area contributed by atoms with Crippen molar-refractivity contribution >= 4 is 18.0 Å². The predicted octanol–water partition coefficient (Wildman–Crippen LogP) is -0.334. The van der Waals surface area contributed by atoms with Gasteiger partial charge in [-0.25, -0.2) is 4.79 Å². The molecule has 0 fully saturated rings. The lowest BCUT2D eigenvalue weighted by molar-refractivity contribution is -0.140. The molecule has 0 rings (SSSR count). The van der Waals surface area contributed by atoms with Gasteiger partial charge in [-0.3, -0.25) is 9.59 Å². The summed E-state index contributed by atoms with van der Waals surface area (Å²) in [5.41, 5.74) is 0. The normalized spacial score (nSPS) is 9.38. The largest absolute Gasteiger partial charge is 0.480 e. The first kappa shape index (κ1) is 14.2. The minimum atomic E-state index is -1.08. The molecule has 0 aromatic heterocycles. The number of likely N-dealkylation sites (N-methyl/N-ethyl adjacent to an activating group) is 1. The Balaban J connectivity index is 3.93. The Kier molecular flexibility index (Phi) is 6.66. The van der Waals surface area contributed by atoms with Crippen LogP contribution in [0.3, 0.4) is 0 Å². The fraction of sp³-hybridized carbons (Fsp3) is 0.667. The van der Waals surface area contributed by atoms with E-state index in [1.165, 1.54) is 7.11 Å². The molecule has 0 atom stereocenters. The highest BCUT2D eigenvalue weighted by atomic mass is 16.5. The van der Waals surface area contributed by atoms with Crippen LogP contribution in [0.5, 0.6) is 0 Å². The van der Waals surface area contributed by atoms with Gasteiger partial charge in [0.15, 0.2) is 0 Å². The number of nitrogens with zero attached hydrogens (tertiary/aromatic N) is 1. The molecule has 0 aromatic rings. The average Bonchev–Trinajstić information content (AvgIpc) is 2.24. The number of esters is 1. The van der Waals surface area contributed by atoms with Gasteiger partial charge in [-0.05, 0) is 6.92 Å². The molecule has 0 unspecified atom stereocenters. The van der Waals surface area contributed by atoms with Gasteiger partial charge in [-0.15, -0.1) is 0 Å². The number of aliphatic carboxylic acids is 1. The van der Waals surface area contributed by atoms with Crippen molar-refractivity contribution in [3.63, 3.8) is 0 Å². The van der Waals surface area contributed by atoms with Crippen molar-refractivity contribution in [3.05, 3.63) is 0 Å². The van der Waals surface area contributed by atoms with Crippen LogP contribution in [0.1, 0.15) is 13.3 Å². The number of amides is 2. The molecule has 0 radical (unpaired) electrons. The summed E-state index contributed by atoms with van der Waals surface area (Å²) in [4.78, 5) is 33.6. The molecular weight excluding hydrogens is 216 g/mol. The molecule has 2 N–H and O–H groups in total. The summed E-state index contributed by atoms with van der Waals surface area (Å²) in [6.45, 7) is 1.72. The number of ether oxygens (including phenoxy) is 1. The van der Waals surface area contributed by atoms with Gasteiger partial charge in [-0.1, -0.05) is 0 Å². The van der Waals surface area contributed by atoms with Crippen molar-refractivity contribution in [2.75, 3.05) is 26.7 Å². The first-order valence-corrected chi connectivity index (χ1v) is 4.82. The van der Waals surface area contributed by atoms with Crippen LogP contribution in [0.2, 0.25) is 0 Å². The second kappa shape index (κ2) is 7.49. The number of carbonyl (C=O) groups excluding carboxylic acids is 2. The smallest absolute Gasteiger partial charge is 0.323 e. The Labute approximate surface area is 93.4 Å². The van der Waals surface area contributed by atoms with Crippen LogP contribution in [-0.2, 0) is 14.3 Å². The summed E-state index contributed by atoms with van der Waals surface area (Å²) in [6, 6.07) is -0.506. The number of methoxy groups -OCH3 is 1. The van der Waals surface area contributed by atoms with Crippen molar-refractivity contribution in [1.29, 1.82) is 0 Å². The predicted molar refractivity (Wildman–Crippen MR) is 54.9 cm³/mol. The molecule has 0 spiro atoms. The van der Waals surface area contributed by atoms with E-state index in [0.717, 1.165) is 4.90 Å². The highest BCUT2D eigenvalue weighted by Gasteiger charge is 2.14. The number of carboxylic acids is 1. The molecular formula is C9H16N2O5. The average molecular weight is 232 g/mol. The monoisotopic (exact) mass is 232 g/mol. The van der Waals surface area contributed by atoms with Crippen molar-refractivity contribution < 1.29 is 24.2 Å². The van der Waals surface area contributed by atoms with E-state index in [1.807, 2.05) is 0 Å². The highest BCUT2D eigenvalue weighted by Crippen LogP contribution is 1.90. The third-order valence-electron chi connectivity index (χ3n) is 1.83. The summed E-state index contributed by atoms with van der Waals surface area (Å²) < 4.78 is 4.39. The Bertz CT molecular complexity index is 267. The Morgan fingerprint density at radius 1 is 1.38 bits per heavy atom.